The number of benzene rings is 1. The minimum atomic E-state index is -3.88. The molecule has 0 bridgehead atoms. The summed E-state index contributed by atoms with van der Waals surface area (Å²) in [5.41, 5.74) is -0.968. The first-order valence-corrected chi connectivity index (χ1v) is 8.71. The van der Waals surface area contributed by atoms with Gasteiger partial charge in [0, 0.05) is 13.1 Å². The standard InChI is InChI=1S/C15H16FN3O4S/c1-15(14(20)21)6-7-18(10-15)24(22,23)11-8-17-19(9-11)13-5-3-2-4-12(13)16/h2-5,8-9H,6-7,10H2,1H3,(H,20,21). The molecule has 1 unspecified atom stereocenters. The number of para-hydroxylation sites is 1. The number of rotatable bonds is 4. The number of carbonyl (C=O) groups is 1. The molecule has 0 saturated carbocycles. The van der Waals surface area contributed by atoms with Gasteiger partial charge in [0.05, 0.1) is 17.8 Å². The second-order valence-corrected chi connectivity index (χ2v) is 7.96. The van der Waals surface area contributed by atoms with Gasteiger partial charge in [-0.1, -0.05) is 12.1 Å². The van der Waals surface area contributed by atoms with Gasteiger partial charge < -0.3 is 5.11 Å². The lowest BCUT2D eigenvalue weighted by atomic mass is 9.90. The molecule has 0 spiro atoms. The van der Waals surface area contributed by atoms with Gasteiger partial charge in [0.25, 0.3) is 0 Å². The fraction of sp³-hybridized carbons (Fsp3) is 0.333. The average molecular weight is 353 g/mol. The Labute approximate surface area is 138 Å². The Bertz CT molecular complexity index is 896. The Balaban J connectivity index is 1.90. The minimum Gasteiger partial charge on any atom is -0.481 e. The van der Waals surface area contributed by atoms with Gasteiger partial charge in [0.2, 0.25) is 10.0 Å². The van der Waals surface area contributed by atoms with E-state index < -0.39 is 27.2 Å². The number of hydrogen-bond acceptors (Lipinski definition) is 4. The number of carboxylic acid groups (broad SMARTS) is 1. The van der Waals surface area contributed by atoms with E-state index in [4.69, 9.17) is 0 Å². The summed E-state index contributed by atoms with van der Waals surface area (Å²) in [5, 5.41) is 13.1. The molecule has 2 aromatic rings. The number of aliphatic carboxylic acids is 1. The van der Waals surface area contributed by atoms with E-state index in [2.05, 4.69) is 5.10 Å². The van der Waals surface area contributed by atoms with Gasteiger partial charge in [-0.25, -0.2) is 17.5 Å². The monoisotopic (exact) mass is 353 g/mol. The maximum absolute atomic E-state index is 13.8. The Morgan fingerprint density at radius 1 is 1.38 bits per heavy atom. The molecule has 0 aliphatic carbocycles. The molecular formula is C15H16FN3O4S. The van der Waals surface area contributed by atoms with Gasteiger partial charge in [0.1, 0.15) is 16.4 Å². The molecule has 9 heteroatoms. The van der Waals surface area contributed by atoms with E-state index in [-0.39, 0.29) is 30.1 Å². The fourth-order valence-corrected chi connectivity index (χ4v) is 4.15. The molecule has 0 amide bonds. The zero-order chi connectivity index (χ0) is 17.5. The van der Waals surface area contributed by atoms with Crippen LogP contribution in [0.15, 0.2) is 41.6 Å². The molecule has 1 atom stereocenters. The first kappa shape index (κ1) is 16.6. The van der Waals surface area contributed by atoms with Gasteiger partial charge in [-0.05, 0) is 25.5 Å². The van der Waals surface area contributed by atoms with Crippen LogP contribution in [-0.2, 0) is 14.8 Å². The fourth-order valence-electron chi connectivity index (χ4n) is 2.66. The summed E-state index contributed by atoms with van der Waals surface area (Å²) in [6.07, 6.45) is 2.60. The molecule has 1 saturated heterocycles. The van der Waals surface area contributed by atoms with Crippen molar-refractivity contribution in [2.24, 2.45) is 5.41 Å². The Hall–Kier alpha value is -2.26. The third-order valence-corrected chi connectivity index (χ3v) is 6.05. The lowest BCUT2D eigenvalue weighted by Crippen LogP contribution is -2.34. The van der Waals surface area contributed by atoms with Crippen LogP contribution >= 0.6 is 0 Å². The van der Waals surface area contributed by atoms with Crippen LogP contribution in [0.4, 0.5) is 4.39 Å². The molecular weight excluding hydrogens is 337 g/mol. The largest absolute Gasteiger partial charge is 0.481 e. The lowest BCUT2D eigenvalue weighted by Gasteiger charge is -2.19. The van der Waals surface area contributed by atoms with Crippen molar-refractivity contribution in [2.45, 2.75) is 18.2 Å². The van der Waals surface area contributed by atoms with Crippen LogP contribution in [0.2, 0.25) is 0 Å². The molecule has 1 fully saturated rings. The van der Waals surface area contributed by atoms with Gasteiger partial charge in [-0.3, -0.25) is 4.79 Å². The molecule has 1 aliphatic rings. The van der Waals surface area contributed by atoms with Crippen molar-refractivity contribution >= 4 is 16.0 Å². The average Bonchev–Trinajstić information content (AvgIpc) is 3.16. The van der Waals surface area contributed by atoms with Crippen molar-refractivity contribution in [3.63, 3.8) is 0 Å². The van der Waals surface area contributed by atoms with Crippen LogP contribution in [-0.4, -0.2) is 46.7 Å². The predicted octanol–water partition coefficient (Wildman–Crippen LogP) is 1.50. The summed E-state index contributed by atoms with van der Waals surface area (Å²) < 4.78 is 41.4. The van der Waals surface area contributed by atoms with Crippen molar-refractivity contribution in [3.05, 3.63) is 42.5 Å². The molecule has 3 rings (SSSR count). The number of carboxylic acids is 1. The smallest absolute Gasteiger partial charge is 0.310 e. The van der Waals surface area contributed by atoms with Crippen LogP contribution in [0, 0.1) is 11.2 Å². The molecule has 1 N–H and O–H groups in total. The first-order valence-electron chi connectivity index (χ1n) is 7.27. The van der Waals surface area contributed by atoms with Gasteiger partial charge in [-0.15, -0.1) is 0 Å². The first-order chi connectivity index (χ1) is 11.2. The van der Waals surface area contributed by atoms with Gasteiger partial charge in [-0.2, -0.15) is 9.40 Å². The van der Waals surface area contributed by atoms with Crippen LogP contribution in [0.3, 0.4) is 0 Å². The topological polar surface area (TPSA) is 92.5 Å². The number of sulfonamides is 1. The van der Waals surface area contributed by atoms with Gasteiger partial charge >= 0.3 is 5.97 Å². The molecule has 2 heterocycles. The van der Waals surface area contributed by atoms with Crippen molar-refractivity contribution in [3.8, 4) is 5.69 Å². The summed E-state index contributed by atoms with van der Waals surface area (Å²) in [4.78, 5) is 11.2. The number of nitrogens with zero attached hydrogens (tertiary/aromatic N) is 3. The number of halogens is 1. The van der Waals surface area contributed by atoms with Crippen LogP contribution in [0.1, 0.15) is 13.3 Å². The highest BCUT2D eigenvalue weighted by Crippen LogP contribution is 2.33. The highest BCUT2D eigenvalue weighted by Gasteiger charge is 2.45. The maximum atomic E-state index is 13.8. The summed E-state index contributed by atoms with van der Waals surface area (Å²) in [5.74, 6) is -1.55. The number of aromatic nitrogens is 2. The summed E-state index contributed by atoms with van der Waals surface area (Å²) in [6, 6.07) is 5.88. The highest BCUT2D eigenvalue weighted by atomic mass is 32.2. The SMILES string of the molecule is CC1(C(=O)O)CCN(S(=O)(=O)c2cnn(-c3ccccc3F)c2)C1. The summed E-state index contributed by atoms with van der Waals surface area (Å²) in [7, 11) is -3.88. The molecule has 1 aromatic carbocycles. The zero-order valence-electron chi connectivity index (χ0n) is 12.9. The van der Waals surface area contributed by atoms with Crippen molar-refractivity contribution in [1.82, 2.24) is 14.1 Å². The Morgan fingerprint density at radius 3 is 2.71 bits per heavy atom. The lowest BCUT2D eigenvalue weighted by molar-refractivity contribution is -0.146. The van der Waals surface area contributed by atoms with E-state index in [0.717, 1.165) is 15.2 Å². The Morgan fingerprint density at radius 2 is 2.08 bits per heavy atom. The molecule has 1 aliphatic heterocycles. The van der Waals surface area contributed by atoms with Crippen LogP contribution in [0.5, 0.6) is 0 Å². The maximum Gasteiger partial charge on any atom is 0.310 e. The summed E-state index contributed by atoms with van der Waals surface area (Å²) >= 11 is 0. The molecule has 0 radical (unpaired) electrons. The van der Waals surface area contributed by atoms with Crippen molar-refractivity contribution in [2.75, 3.05) is 13.1 Å². The zero-order valence-corrected chi connectivity index (χ0v) is 13.7. The van der Waals surface area contributed by atoms with Crippen LogP contribution < -0.4 is 0 Å². The normalized spacial score (nSPS) is 21.9. The Kier molecular flexibility index (Phi) is 3.92. The molecule has 128 valence electrons. The van der Waals surface area contributed by atoms with E-state index in [0.29, 0.717) is 0 Å². The second kappa shape index (κ2) is 5.67. The van der Waals surface area contributed by atoms with E-state index >= 15 is 0 Å². The molecule has 24 heavy (non-hydrogen) atoms. The van der Waals surface area contributed by atoms with E-state index in [1.165, 1.54) is 31.3 Å². The van der Waals surface area contributed by atoms with Crippen LogP contribution in [0.25, 0.3) is 5.69 Å². The van der Waals surface area contributed by atoms with E-state index in [9.17, 15) is 22.7 Å². The summed E-state index contributed by atoms with van der Waals surface area (Å²) in [6.45, 7) is 1.54. The highest BCUT2D eigenvalue weighted by molar-refractivity contribution is 7.89. The quantitative estimate of drug-likeness (QED) is 0.899. The van der Waals surface area contributed by atoms with E-state index in [1.807, 2.05) is 0 Å². The third-order valence-electron chi connectivity index (χ3n) is 4.25. The molecule has 1 aromatic heterocycles. The van der Waals surface area contributed by atoms with Gasteiger partial charge in [0.15, 0.2) is 0 Å². The minimum absolute atomic E-state index is 0.0969. The van der Waals surface area contributed by atoms with Crippen molar-refractivity contribution < 1.29 is 22.7 Å². The predicted molar refractivity (Wildman–Crippen MR) is 82.6 cm³/mol. The third kappa shape index (κ3) is 2.69. The number of hydrogen-bond donors (Lipinski definition) is 1. The van der Waals surface area contributed by atoms with Crippen molar-refractivity contribution in [1.29, 1.82) is 0 Å². The van der Waals surface area contributed by atoms with E-state index in [1.54, 1.807) is 6.07 Å². The second-order valence-electron chi connectivity index (χ2n) is 6.03. The molecule has 7 nitrogen and oxygen atoms in total.